The summed E-state index contributed by atoms with van der Waals surface area (Å²) >= 11 is 12.1. The van der Waals surface area contributed by atoms with Crippen molar-refractivity contribution in [2.24, 2.45) is 0 Å². The first-order valence-corrected chi connectivity index (χ1v) is 9.02. The van der Waals surface area contributed by atoms with Gasteiger partial charge in [0.1, 0.15) is 5.82 Å². The highest BCUT2D eigenvalue weighted by Gasteiger charge is 2.21. The number of piperazine rings is 1. The first-order chi connectivity index (χ1) is 12.1. The van der Waals surface area contributed by atoms with E-state index in [1.165, 1.54) is 0 Å². The number of pyridine rings is 1. The normalized spacial score (nSPS) is 15.2. The summed E-state index contributed by atoms with van der Waals surface area (Å²) in [4.78, 5) is 21.2. The molecule has 2 heterocycles. The molecule has 5 nitrogen and oxygen atoms in total. The fraction of sp³-hybridized carbons (Fsp3) is 0.333. The molecule has 2 aromatic rings. The Labute approximate surface area is 157 Å². The van der Waals surface area contributed by atoms with Crippen molar-refractivity contribution in [2.75, 3.05) is 38.0 Å². The molecule has 1 aromatic heterocycles. The number of amides is 1. The van der Waals surface area contributed by atoms with Crippen molar-refractivity contribution >= 4 is 40.6 Å². The lowest BCUT2D eigenvalue weighted by Gasteiger charge is -2.34. The minimum Gasteiger partial charge on any atom is -0.339 e. The zero-order chi connectivity index (χ0) is 17.8. The summed E-state index contributed by atoms with van der Waals surface area (Å²) in [6.45, 7) is 6.49. The van der Waals surface area contributed by atoms with Gasteiger partial charge in [-0.1, -0.05) is 30.1 Å². The van der Waals surface area contributed by atoms with Gasteiger partial charge in [0.25, 0.3) is 5.91 Å². The van der Waals surface area contributed by atoms with Crippen molar-refractivity contribution in [1.29, 1.82) is 0 Å². The van der Waals surface area contributed by atoms with Crippen LogP contribution in [-0.2, 0) is 0 Å². The highest BCUT2D eigenvalue weighted by atomic mass is 35.5. The molecule has 1 aliphatic rings. The summed E-state index contributed by atoms with van der Waals surface area (Å²) in [6, 6.07) is 8.68. The van der Waals surface area contributed by atoms with Gasteiger partial charge >= 0.3 is 0 Å². The SMILES string of the molecule is CCN1CCN(C(=O)c2ccnc(Nc3ccc(Cl)cc3Cl)c2)CC1. The number of carbonyl (C=O) groups is 1. The molecule has 132 valence electrons. The van der Waals surface area contributed by atoms with Gasteiger partial charge in [-0.3, -0.25) is 4.79 Å². The molecule has 1 fully saturated rings. The predicted molar refractivity (Wildman–Crippen MR) is 102 cm³/mol. The number of hydrogen-bond donors (Lipinski definition) is 1. The van der Waals surface area contributed by atoms with Crippen molar-refractivity contribution in [3.63, 3.8) is 0 Å². The standard InChI is InChI=1S/C18H20Cl2N4O/c1-2-23-7-9-24(10-8-23)18(25)13-5-6-21-17(11-13)22-16-4-3-14(19)12-15(16)20/h3-6,11-12H,2,7-10H2,1H3,(H,21,22). The van der Waals surface area contributed by atoms with E-state index in [0.717, 1.165) is 32.7 Å². The molecule has 0 unspecified atom stereocenters. The molecule has 0 aliphatic carbocycles. The number of nitrogens with one attached hydrogen (secondary N) is 1. The highest BCUT2D eigenvalue weighted by Crippen LogP contribution is 2.27. The quantitative estimate of drug-likeness (QED) is 0.875. The number of benzene rings is 1. The minimum absolute atomic E-state index is 0.0309. The summed E-state index contributed by atoms with van der Waals surface area (Å²) in [6.07, 6.45) is 1.63. The number of nitrogens with zero attached hydrogens (tertiary/aromatic N) is 3. The number of aromatic nitrogens is 1. The fourth-order valence-corrected chi connectivity index (χ4v) is 3.27. The molecule has 0 saturated carbocycles. The number of likely N-dealkylation sites (N-methyl/N-ethyl adjacent to an activating group) is 1. The minimum atomic E-state index is 0.0309. The average molecular weight is 379 g/mol. The predicted octanol–water partition coefficient (Wildman–Crippen LogP) is 3.91. The Morgan fingerprint density at radius 1 is 1.16 bits per heavy atom. The second kappa shape index (κ2) is 8.04. The van der Waals surface area contributed by atoms with Crippen LogP contribution in [0.15, 0.2) is 36.5 Å². The Hall–Kier alpha value is -1.82. The summed E-state index contributed by atoms with van der Waals surface area (Å²) in [5.41, 5.74) is 1.31. The maximum absolute atomic E-state index is 12.7. The van der Waals surface area contributed by atoms with Crippen molar-refractivity contribution < 1.29 is 4.79 Å². The molecule has 0 spiro atoms. The van der Waals surface area contributed by atoms with Crippen LogP contribution in [0.2, 0.25) is 10.0 Å². The van der Waals surface area contributed by atoms with Crippen LogP contribution in [0.1, 0.15) is 17.3 Å². The Morgan fingerprint density at radius 3 is 2.60 bits per heavy atom. The van der Waals surface area contributed by atoms with Gasteiger partial charge in [0.2, 0.25) is 0 Å². The topological polar surface area (TPSA) is 48.5 Å². The first kappa shape index (κ1) is 18.0. The Bertz CT molecular complexity index is 760. The van der Waals surface area contributed by atoms with E-state index in [0.29, 0.717) is 27.1 Å². The van der Waals surface area contributed by atoms with Crippen molar-refractivity contribution in [3.8, 4) is 0 Å². The highest BCUT2D eigenvalue weighted by molar-refractivity contribution is 6.36. The monoisotopic (exact) mass is 378 g/mol. The van der Waals surface area contributed by atoms with Gasteiger partial charge in [0.05, 0.1) is 10.7 Å². The summed E-state index contributed by atoms with van der Waals surface area (Å²) < 4.78 is 0. The number of carbonyl (C=O) groups excluding carboxylic acids is 1. The molecule has 25 heavy (non-hydrogen) atoms. The molecular weight excluding hydrogens is 359 g/mol. The molecule has 0 atom stereocenters. The Kier molecular flexibility index (Phi) is 5.78. The third-order valence-corrected chi connectivity index (χ3v) is 4.86. The molecule has 3 rings (SSSR count). The van der Waals surface area contributed by atoms with Gasteiger partial charge in [-0.05, 0) is 36.9 Å². The number of anilines is 2. The maximum Gasteiger partial charge on any atom is 0.254 e. The van der Waals surface area contributed by atoms with E-state index >= 15 is 0 Å². The zero-order valence-electron chi connectivity index (χ0n) is 14.0. The van der Waals surface area contributed by atoms with Crippen molar-refractivity contribution in [1.82, 2.24) is 14.8 Å². The van der Waals surface area contributed by atoms with E-state index < -0.39 is 0 Å². The van der Waals surface area contributed by atoms with Crippen LogP contribution in [0.25, 0.3) is 0 Å². The van der Waals surface area contributed by atoms with E-state index in [4.69, 9.17) is 23.2 Å². The smallest absolute Gasteiger partial charge is 0.254 e. The van der Waals surface area contributed by atoms with Crippen LogP contribution in [0.4, 0.5) is 11.5 Å². The molecule has 7 heteroatoms. The maximum atomic E-state index is 12.7. The molecule has 1 amide bonds. The van der Waals surface area contributed by atoms with Gasteiger partial charge in [0.15, 0.2) is 0 Å². The molecule has 0 radical (unpaired) electrons. The molecule has 1 aromatic carbocycles. The lowest BCUT2D eigenvalue weighted by Crippen LogP contribution is -2.48. The van der Waals surface area contributed by atoms with Crippen LogP contribution in [0.3, 0.4) is 0 Å². The zero-order valence-corrected chi connectivity index (χ0v) is 15.5. The Balaban J connectivity index is 1.72. The number of hydrogen-bond acceptors (Lipinski definition) is 4. The first-order valence-electron chi connectivity index (χ1n) is 8.26. The lowest BCUT2D eigenvalue weighted by molar-refractivity contribution is 0.0643. The van der Waals surface area contributed by atoms with Crippen molar-refractivity contribution in [3.05, 3.63) is 52.1 Å². The van der Waals surface area contributed by atoms with Gasteiger partial charge in [0, 0.05) is 43.0 Å². The van der Waals surface area contributed by atoms with E-state index in [1.807, 2.05) is 4.90 Å². The average Bonchev–Trinajstić information content (AvgIpc) is 2.64. The summed E-state index contributed by atoms with van der Waals surface area (Å²) in [5.74, 6) is 0.602. The summed E-state index contributed by atoms with van der Waals surface area (Å²) in [5, 5.41) is 4.20. The fourth-order valence-electron chi connectivity index (χ4n) is 2.81. The van der Waals surface area contributed by atoms with Crippen LogP contribution in [0.5, 0.6) is 0 Å². The van der Waals surface area contributed by atoms with Gasteiger partial charge in [-0.25, -0.2) is 4.98 Å². The third-order valence-electron chi connectivity index (χ3n) is 4.31. The molecule has 1 aliphatic heterocycles. The van der Waals surface area contributed by atoms with E-state index in [2.05, 4.69) is 22.1 Å². The van der Waals surface area contributed by atoms with E-state index in [1.54, 1.807) is 36.5 Å². The summed E-state index contributed by atoms with van der Waals surface area (Å²) in [7, 11) is 0. The van der Waals surface area contributed by atoms with E-state index in [9.17, 15) is 4.79 Å². The second-order valence-electron chi connectivity index (χ2n) is 5.91. The van der Waals surface area contributed by atoms with Crippen LogP contribution in [-0.4, -0.2) is 53.4 Å². The lowest BCUT2D eigenvalue weighted by atomic mass is 10.2. The molecule has 1 N–H and O–H groups in total. The van der Waals surface area contributed by atoms with Gasteiger partial charge in [-0.15, -0.1) is 0 Å². The number of rotatable bonds is 4. The number of halogens is 2. The third kappa shape index (κ3) is 4.42. The van der Waals surface area contributed by atoms with Crippen molar-refractivity contribution in [2.45, 2.75) is 6.92 Å². The van der Waals surface area contributed by atoms with Crippen LogP contribution in [0, 0.1) is 0 Å². The Morgan fingerprint density at radius 2 is 1.92 bits per heavy atom. The van der Waals surface area contributed by atoms with Crippen LogP contribution >= 0.6 is 23.2 Å². The molecular formula is C18H20Cl2N4O. The van der Waals surface area contributed by atoms with Gasteiger partial charge in [-0.2, -0.15) is 0 Å². The molecule has 1 saturated heterocycles. The van der Waals surface area contributed by atoms with Gasteiger partial charge < -0.3 is 15.1 Å². The second-order valence-corrected chi connectivity index (χ2v) is 6.75. The van der Waals surface area contributed by atoms with Crippen LogP contribution < -0.4 is 5.32 Å². The largest absolute Gasteiger partial charge is 0.339 e. The van der Waals surface area contributed by atoms with E-state index in [-0.39, 0.29) is 5.91 Å². The molecule has 0 bridgehead atoms.